The fourth-order valence-electron chi connectivity index (χ4n) is 1.62. The number of hydrogen-bond donors (Lipinski definition) is 0. The lowest BCUT2D eigenvalue weighted by Gasteiger charge is -2.01. The third-order valence-electron chi connectivity index (χ3n) is 2.38. The highest BCUT2D eigenvalue weighted by molar-refractivity contribution is 6.34. The van der Waals surface area contributed by atoms with Gasteiger partial charge in [-0.1, -0.05) is 29.8 Å². The predicted octanol–water partition coefficient (Wildman–Crippen LogP) is 5.21. The molecule has 0 saturated heterocycles. The number of hydrogen-bond acceptors (Lipinski definition) is 1. The molecule has 88 valence electrons. The Labute approximate surface area is 111 Å². The van der Waals surface area contributed by atoms with Crippen molar-refractivity contribution in [2.75, 3.05) is 0 Å². The molecule has 0 spiro atoms. The van der Waals surface area contributed by atoms with Crippen LogP contribution in [0.15, 0.2) is 41.3 Å². The molecular formula is C14H12Cl2O. The molecule has 0 aliphatic rings. The maximum atomic E-state index is 5.94. The van der Waals surface area contributed by atoms with Crippen molar-refractivity contribution in [1.82, 2.24) is 0 Å². The fourth-order valence-corrected chi connectivity index (χ4v) is 2.19. The van der Waals surface area contributed by atoms with E-state index in [1.165, 1.54) is 0 Å². The third kappa shape index (κ3) is 3.15. The molecule has 0 aliphatic carbocycles. The van der Waals surface area contributed by atoms with Crippen LogP contribution in [0.4, 0.5) is 0 Å². The van der Waals surface area contributed by atoms with Gasteiger partial charge in [-0.25, -0.2) is 0 Å². The fraction of sp³-hybridized carbons (Fsp3) is 0.143. The van der Waals surface area contributed by atoms with Crippen LogP contribution in [0.1, 0.15) is 24.0 Å². The monoisotopic (exact) mass is 266 g/mol. The number of furan rings is 1. The maximum Gasteiger partial charge on any atom is 0.129 e. The van der Waals surface area contributed by atoms with Crippen molar-refractivity contribution in [3.63, 3.8) is 0 Å². The Hall–Kier alpha value is -1.18. The molecule has 0 radical (unpaired) electrons. The Balaban J connectivity index is 2.22. The maximum absolute atomic E-state index is 5.94. The van der Waals surface area contributed by atoms with E-state index >= 15 is 0 Å². The zero-order chi connectivity index (χ0) is 12.4. The molecule has 1 aromatic carbocycles. The standard InChI is InChI=1S/C14H12Cl2O/c1-9(2)14-4-3-13(17-14)7-10-5-11(15)8-12(16)6-10/h3-6,8H,1,7H2,2H3. The summed E-state index contributed by atoms with van der Waals surface area (Å²) in [7, 11) is 0. The first-order valence-corrected chi connectivity index (χ1v) is 6.00. The molecule has 2 aromatic rings. The van der Waals surface area contributed by atoms with E-state index in [1.54, 1.807) is 6.07 Å². The number of allylic oxidation sites excluding steroid dienone is 1. The van der Waals surface area contributed by atoms with Crippen molar-refractivity contribution in [2.45, 2.75) is 13.3 Å². The molecule has 0 N–H and O–H groups in total. The Morgan fingerprint density at radius 2 is 1.82 bits per heavy atom. The second-order valence-electron chi connectivity index (χ2n) is 4.00. The van der Waals surface area contributed by atoms with Crippen molar-refractivity contribution < 1.29 is 4.42 Å². The topological polar surface area (TPSA) is 13.1 Å². The minimum Gasteiger partial charge on any atom is -0.461 e. The zero-order valence-electron chi connectivity index (χ0n) is 9.47. The summed E-state index contributed by atoms with van der Waals surface area (Å²) in [5.74, 6) is 1.69. The predicted molar refractivity (Wildman–Crippen MR) is 72.7 cm³/mol. The summed E-state index contributed by atoms with van der Waals surface area (Å²) in [6.45, 7) is 5.75. The van der Waals surface area contributed by atoms with E-state index in [9.17, 15) is 0 Å². The molecule has 1 heterocycles. The van der Waals surface area contributed by atoms with Crippen molar-refractivity contribution in [3.8, 4) is 0 Å². The van der Waals surface area contributed by atoms with E-state index in [-0.39, 0.29) is 0 Å². The number of benzene rings is 1. The summed E-state index contributed by atoms with van der Waals surface area (Å²) in [6, 6.07) is 9.35. The summed E-state index contributed by atoms with van der Waals surface area (Å²) in [5, 5.41) is 1.28. The summed E-state index contributed by atoms with van der Waals surface area (Å²) >= 11 is 11.9. The van der Waals surface area contributed by atoms with Gasteiger partial charge in [-0.15, -0.1) is 0 Å². The van der Waals surface area contributed by atoms with Gasteiger partial charge in [0.05, 0.1) is 0 Å². The molecule has 0 fully saturated rings. The van der Waals surface area contributed by atoms with Crippen molar-refractivity contribution in [3.05, 3.63) is 64.0 Å². The zero-order valence-corrected chi connectivity index (χ0v) is 11.0. The molecular weight excluding hydrogens is 255 g/mol. The SMILES string of the molecule is C=C(C)c1ccc(Cc2cc(Cl)cc(Cl)c2)o1. The third-order valence-corrected chi connectivity index (χ3v) is 2.82. The van der Waals surface area contributed by atoms with Crippen LogP contribution in [-0.4, -0.2) is 0 Å². The van der Waals surface area contributed by atoms with Gasteiger partial charge in [-0.05, 0) is 48.4 Å². The lowest BCUT2D eigenvalue weighted by Crippen LogP contribution is -1.85. The lowest BCUT2D eigenvalue weighted by molar-refractivity contribution is 0.509. The lowest BCUT2D eigenvalue weighted by atomic mass is 10.1. The van der Waals surface area contributed by atoms with Gasteiger partial charge < -0.3 is 4.42 Å². The Bertz CT molecular complexity index is 535. The quantitative estimate of drug-likeness (QED) is 0.743. The summed E-state index contributed by atoms with van der Waals surface area (Å²) in [4.78, 5) is 0. The van der Waals surface area contributed by atoms with E-state index in [1.807, 2.05) is 31.2 Å². The molecule has 2 rings (SSSR count). The Kier molecular flexibility index (Phi) is 3.60. The first-order chi connectivity index (χ1) is 8.04. The molecule has 0 bridgehead atoms. The molecule has 1 nitrogen and oxygen atoms in total. The van der Waals surface area contributed by atoms with Crippen LogP contribution < -0.4 is 0 Å². The second-order valence-corrected chi connectivity index (χ2v) is 4.87. The van der Waals surface area contributed by atoms with Crippen molar-refractivity contribution >= 4 is 28.8 Å². The molecule has 0 aliphatic heterocycles. The van der Waals surface area contributed by atoms with Crippen LogP contribution in [-0.2, 0) is 6.42 Å². The first-order valence-electron chi connectivity index (χ1n) is 5.24. The van der Waals surface area contributed by atoms with Crippen LogP contribution in [0.3, 0.4) is 0 Å². The highest BCUT2D eigenvalue weighted by Crippen LogP contribution is 2.23. The van der Waals surface area contributed by atoms with Crippen LogP contribution in [0, 0.1) is 0 Å². The molecule has 0 amide bonds. The minimum atomic E-state index is 0.638. The molecule has 0 saturated carbocycles. The smallest absolute Gasteiger partial charge is 0.129 e. The highest BCUT2D eigenvalue weighted by atomic mass is 35.5. The van der Waals surface area contributed by atoms with Gasteiger partial charge in [0.2, 0.25) is 0 Å². The van der Waals surface area contributed by atoms with Gasteiger partial charge in [-0.3, -0.25) is 0 Å². The van der Waals surface area contributed by atoms with Gasteiger partial charge in [0.1, 0.15) is 11.5 Å². The summed E-state index contributed by atoms with van der Waals surface area (Å²) in [6.07, 6.45) is 0.674. The average Bonchev–Trinajstić information content (AvgIpc) is 2.64. The molecule has 0 unspecified atom stereocenters. The van der Waals surface area contributed by atoms with E-state index in [0.717, 1.165) is 22.7 Å². The number of halogens is 2. The Morgan fingerprint density at radius 1 is 1.18 bits per heavy atom. The van der Waals surface area contributed by atoms with E-state index in [4.69, 9.17) is 27.6 Å². The van der Waals surface area contributed by atoms with E-state index in [2.05, 4.69) is 6.58 Å². The van der Waals surface area contributed by atoms with Crippen LogP contribution in [0.5, 0.6) is 0 Å². The molecule has 1 aromatic heterocycles. The van der Waals surface area contributed by atoms with Crippen molar-refractivity contribution in [1.29, 1.82) is 0 Å². The van der Waals surface area contributed by atoms with Gasteiger partial charge in [-0.2, -0.15) is 0 Å². The minimum absolute atomic E-state index is 0.638. The van der Waals surface area contributed by atoms with Crippen LogP contribution in [0.2, 0.25) is 10.0 Å². The number of rotatable bonds is 3. The van der Waals surface area contributed by atoms with Crippen LogP contribution >= 0.6 is 23.2 Å². The molecule has 3 heteroatoms. The van der Waals surface area contributed by atoms with Crippen LogP contribution in [0.25, 0.3) is 5.57 Å². The second kappa shape index (κ2) is 4.99. The van der Waals surface area contributed by atoms with Gasteiger partial charge in [0.25, 0.3) is 0 Å². The van der Waals surface area contributed by atoms with Gasteiger partial charge in [0, 0.05) is 16.5 Å². The summed E-state index contributed by atoms with van der Waals surface area (Å²) in [5.41, 5.74) is 1.95. The van der Waals surface area contributed by atoms with E-state index in [0.29, 0.717) is 16.5 Å². The largest absolute Gasteiger partial charge is 0.461 e. The molecule has 0 atom stereocenters. The van der Waals surface area contributed by atoms with Gasteiger partial charge in [0.15, 0.2) is 0 Å². The normalized spacial score (nSPS) is 10.5. The Morgan fingerprint density at radius 3 is 2.35 bits per heavy atom. The van der Waals surface area contributed by atoms with Crippen molar-refractivity contribution in [2.24, 2.45) is 0 Å². The molecule has 17 heavy (non-hydrogen) atoms. The van der Waals surface area contributed by atoms with E-state index < -0.39 is 0 Å². The highest BCUT2D eigenvalue weighted by Gasteiger charge is 2.05. The summed E-state index contributed by atoms with van der Waals surface area (Å²) < 4.78 is 5.64. The average molecular weight is 267 g/mol. The van der Waals surface area contributed by atoms with Gasteiger partial charge >= 0.3 is 0 Å². The first kappa shape index (κ1) is 12.3.